The van der Waals surface area contributed by atoms with Crippen molar-refractivity contribution < 1.29 is 13.9 Å². The van der Waals surface area contributed by atoms with Gasteiger partial charge in [0.25, 0.3) is 5.91 Å². The van der Waals surface area contributed by atoms with Crippen LogP contribution in [0.25, 0.3) is 5.69 Å². The van der Waals surface area contributed by atoms with E-state index in [9.17, 15) is 9.18 Å². The van der Waals surface area contributed by atoms with E-state index < -0.39 is 11.9 Å². The molecule has 0 aliphatic carbocycles. The molecule has 0 bridgehead atoms. The van der Waals surface area contributed by atoms with E-state index in [1.165, 1.54) is 24.4 Å². The van der Waals surface area contributed by atoms with Crippen LogP contribution >= 0.6 is 23.2 Å². The summed E-state index contributed by atoms with van der Waals surface area (Å²) in [5.41, 5.74) is 3.63. The third-order valence-corrected chi connectivity index (χ3v) is 6.50. The van der Waals surface area contributed by atoms with Crippen molar-refractivity contribution in [2.24, 2.45) is 0 Å². The van der Waals surface area contributed by atoms with Gasteiger partial charge in [-0.05, 0) is 48.4 Å². The number of amides is 1. The van der Waals surface area contributed by atoms with E-state index in [0.29, 0.717) is 27.8 Å². The fourth-order valence-corrected chi connectivity index (χ4v) is 4.79. The predicted molar refractivity (Wildman–Crippen MR) is 134 cm³/mol. The molecule has 1 aliphatic heterocycles. The molecule has 6 nitrogen and oxygen atoms in total. The number of para-hydroxylation sites is 2. The Labute approximate surface area is 211 Å². The monoisotopic (exact) mass is 510 g/mol. The highest BCUT2D eigenvalue weighted by Gasteiger charge is 2.45. The Morgan fingerprint density at radius 3 is 2.51 bits per heavy atom. The van der Waals surface area contributed by atoms with Crippen LogP contribution in [-0.2, 0) is 0 Å². The van der Waals surface area contributed by atoms with Crippen LogP contribution in [0.5, 0.6) is 5.75 Å². The number of ether oxygens (including phenoxy) is 1. The average molecular weight is 511 g/mol. The Hall–Kier alpha value is -3.42. The van der Waals surface area contributed by atoms with E-state index in [0.717, 1.165) is 16.9 Å². The number of carbonyl (C=O) groups excluding carboxylic acids is 1. The van der Waals surface area contributed by atoms with E-state index >= 15 is 0 Å². The molecule has 0 radical (unpaired) electrons. The molecule has 4 aromatic rings. The van der Waals surface area contributed by atoms with Crippen molar-refractivity contribution >= 4 is 34.8 Å². The van der Waals surface area contributed by atoms with Gasteiger partial charge in [-0.3, -0.25) is 14.7 Å². The van der Waals surface area contributed by atoms with Crippen molar-refractivity contribution in [2.45, 2.75) is 25.8 Å². The number of methoxy groups -OCH3 is 1. The van der Waals surface area contributed by atoms with Gasteiger partial charge in [0.1, 0.15) is 23.3 Å². The summed E-state index contributed by atoms with van der Waals surface area (Å²) < 4.78 is 21.3. The summed E-state index contributed by atoms with van der Waals surface area (Å²) in [6.45, 7) is 4.08. The lowest BCUT2D eigenvalue weighted by Crippen LogP contribution is -2.30. The third kappa shape index (κ3) is 3.85. The molecule has 0 N–H and O–H groups in total. The number of halogens is 3. The van der Waals surface area contributed by atoms with Crippen molar-refractivity contribution in [1.82, 2.24) is 14.8 Å². The molecule has 178 valence electrons. The van der Waals surface area contributed by atoms with Gasteiger partial charge in [-0.1, -0.05) is 49.2 Å². The Balaban J connectivity index is 1.78. The van der Waals surface area contributed by atoms with Crippen LogP contribution in [0.1, 0.15) is 53.2 Å². The Kier molecular flexibility index (Phi) is 5.99. The van der Waals surface area contributed by atoms with Gasteiger partial charge in [-0.25, -0.2) is 9.07 Å². The largest absolute Gasteiger partial charge is 0.494 e. The number of fused-ring (bicyclic) bond motifs is 1. The van der Waals surface area contributed by atoms with Crippen LogP contribution in [0.15, 0.2) is 60.8 Å². The van der Waals surface area contributed by atoms with E-state index in [1.807, 2.05) is 38.1 Å². The van der Waals surface area contributed by atoms with Gasteiger partial charge < -0.3 is 4.74 Å². The fourth-order valence-electron chi connectivity index (χ4n) is 4.51. The molecule has 0 saturated heterocycles. The third-order valence-electron chi connectivity index (χ3n) is 5.98. The topological polar surface area (TPSA) is 60.2 Å². The molecule has 9 heteroatoms. The number of aromatic nitrogens is 3. The van der Waals surface area contributed by atoms with E-state index in [4.69, 9.17) is 33.0 Å². The van der Waals surface area contributed by atoms with E-state index in [2.05, 4.69) is 4.98 Å². The Morgan fingerprint density at radius 2 is 1.86 bits per heavy atom. The first-order valence-electron chi connectivity index (χ1n) is 11.0. The van der Waals surface area contributed by atoms with Crippen molar-refractivity contribution in [3.05, 3.63) is 99.3 Å². The van der Waals surface area contributed by atoms with Crippen LogP contribution in [0.3, 0.4) is 0 Å². The van der Waals surface area contributed by atoms with Crippen molar-refractivity contribution in [1.29, 1.82) is 0 Å². The van der Waals surface area contributed by atoms with E-state index in [-0.39, 0.29) is 16.8 Å². The standard InChI is InChI=1S/C26H21Cl2FN4O2/c1-14(2)24-22-23(31-33(24)20-6-4-5-7-21(20)35-3)26(34)32(16-9-10-18(29)17(28)12-16)25(22)19-11-8-15(27)13-30-19/h4-14,25H,1-3H3. The summed E-state index contributed by atoms with van der Waals surface area (Å²) in [4.78, 5) is 19.9. The summed E-state index contributed by atoms with van der Waals surface area (Å²) in [5.74, 6) is -0.271. The molecule has 1 aliphatic rings. The Bertz CT molecular complexity index is 1440. The minimum Gasteiger partial charge on any atom is -0.494 e. The van der Waals surface area contributed by atoms with Crippen LogP contribution in [-0.4, -0.2) is 27.8 Å². The highest BCUT2D eigenvalue weighted by atomic mass is 35.5. The van der Waals surface area contributed by atoms with Crippen LogP contribution in [0.4, 0.5) is 10.1 Å². The molecule has 1 amide bonds. The zero-order chi connectivity index (χ0) is 24.9. The van der Waals surface area contributed by atoms with Gasteiger partial charge in [0.05, 0.1) is 28.5 Å². The number of rotatable bonds is 5. The fraction of sp³-hybridized carbons (Fsp3) is 0.192. The smallest absolute Gasteiger partial charge is 0.280 e. The zero-order valence-corrected chi connectivity index (χ0v) is 20.7. The SMILES string of the molecule is COc1ccccc1-n1nc2c(c1C(C)C)C(c1ccc(Cl)cn1)N(c1ccc(F)c(Cl)c1)C2=O. The molecule has 5 rings (SSSR count). The number of benzene rings is 2. The summed E-state index contributed by atoms with van der Waals surface area (Å²) in [5, 5.41) is 5.16. The lowest BCUT2D eigenvalue weighted by Gasteiger charge is -2.27. The molecule has 0 fully saturated rings. The molecule has 35 heavy (non-hydrogen) atoms. The molecular weight excluding hydrogens is 490 g/mol. The van der Waals surface area contributed by atoms with Gasteiger partial charge >= 0.3 is 0 Å². The highest BCUT2D eigenvalue weighted by molar-refractivity contribution is 6.31. The Morgan fingerprint density at radius 1 is 1.09 bits per heavy atom. The van der Waals surface area contributed by atoms with Gasteiger partial charge in [0, 0.05) is 17.4 Å². The van der Waals surface area contributed by atoms with Crippen molar-refractivity contribution in [2.75, 3.05) is 12.0 Å². The van der Waals surface area contributed by atoms with Gasteiger partial charge in [-0.2, -0.15) is 5.10 Å². The average Bonchev–Trinajstić information content (AvgIpc) is 3.37. The second-order valence-electron chi connectivity index (χ2n) is 8.46. The minimum absolute atomic E-state index is 0.00415. The van der Waals surface area contributed by atoms with Gasteiger partial charge in [0.2, 0.25) is 0 Å². The second-order valence-corrected chi connectivity index (χ2v) is 9.31. The molecule has 2 aromatic carbocycles. The van der Waals surface area contributed by atoms with Crippen LogP contribution < -0.4 is 9.64 Å². The number of hydrogen-bond donors (Lipinski definition) is 0. The molecule has 1 unspecified atom stereocenters. The zero-order valence-electron chi connectivity index (χ0n) is 19.2. The molecule has 3 heterocycles. The lowest BCUT2D eigenvalue weighted by atomic mass is 9.97. The first kappa shape index (κ1) is 23.3. The number of hydrogen-bond acceptors (Lipinski definition) is 4. The normalized spacial score (nSPS) is 15.1. The minimum atomic E-state index is -0.614. The number of pyridine rings is 1. The summed E-state index contributed by atoms with van der Waals surface area (Å²) in [6, 6.07) is 14.6. The van der Waals surface area contributed by atoms with Crippen molar-refractivity contribution in [3.63, 3.8) is 0 Å². The number of carbonyl (C=O) groups is 1. The van der Waals surface area contributed by atoms with Gasteiger partial charge in [0.15, 0.2) is 5.69 Å². The maximum Gasteiger partial charge on any atom is 0.280 e. The van der Waals surface area contributed by atoms with Crippen molar-refractivity contribution in [3.8, 4) is 11.4 Å². The van der Waals surface area contributed by atoms with Crippen LogP contribution in [0.2, 0.25) is 10.0 Å². The van der Waals surface area contributed by atoms with Crippen LogP contribution in [0, 0.1) is 5.82 Å². The molecule has 0 spiro atoms. The first-order valence-corrected chi connectivity index (χ1v) is 11.7. The van der Waals surface area contributed by atoms with Gasteiger partial charge in [-0.15, -0.1) is 0 Å². The van der Waals surface area contributed by atoms with E-state index in [1.54, 1.807) is 28.8 Å². The summed E-state index contributed by atoms with van der Waals surface area (Å²) in [6.07, 6.45) is 1.54. The summed E-state index contributed by atoms with van der Waals surface area (Å²) >= 11 is 12.2. The maximum absolute atomic E-state index is 13.9. The quantitative estimate of drug-likeness (QED) is 0.303. The number of nitrogens with zero attached hydrogens (tertiary/aromatic N) is 4. The highest BCUT2D eigenvalue weighted by Crippen LogP contribution is 2.46. The first-order chi connectivity index (χ1) is 16.8. The predicted octanol–water partition coefficient (Wildman–Crippen LogP) is 6.60. The molecule has 1 atom stereocenters. The number of anilines is 1. The molecule has 2 aromatic heterocycles. The molecular formula is C26H21Cl2FN4O2. The molecule has 0 saturated carbocycles. The summed E-state index contributed by atoms with van der Waals surface area (Å²) in [7, 11) is 1.59. The lowest BCUT2D eigenvalue weighted by molar-refractivity contribution is 0.0988. The second kappa shape index (κ2) is 8.98. The maximum atomic E-state index is 13.9.